The van der Waals surface area contributed by atoms with Crippen molar-refractivity contribution in [2.75, 3.05) is 0 Å². The molecule has 0 spiro atoms. The minimum atomic E-state index is -0.777. The number of rotatable bonds is 4. The van der Waals surface area contributed by atoms with Crippen LogP contribution in [0.25, 0.3) is 0 Å². The highest BCUT2D eigenvalue weighted by molar-refractivity contribution is 6.04. The van der Waals surface area contributed by atoms with E-state index in [9.17, 15) is 24.6 Å². The van der Waals surface area contributed by atoms with Gasteiger partial charge in [-0.3, -0.25) is 19.1 Å². The highest BCUT2D eigenvalue weighted by Gasteiger charge is 2.34. The topological polar surface area (TPSA) is 128 Å². The molecule has 1 amide bonds. The van der Waals surface area contributed by atoms with Gasteiger partial charge in [0.25, 0.3) is 5.56 Å². The van der Waals surface area contributed by atoms with Gasteiger partial charge in [-0.2, -0.15) is 5.10 Å². The smallest absolute Gasteiger partial charge is 0.331 e. The highest BCUT2D eigenvalue weighted by atomic mass is 16.3. The average molecular weight is 420 g/mol. The van der Waals surface area contributed by atoms with Crippen molar-refractivity contribution in [2.24, 2.45) is 5.10 Å². The predicted octanol–water partition coefficient (Wildman–Crippen LogP) is 1.69. The second-order valence-corrected chi connectivity index (χ2v) is 7.25. The third-order valence-corrected chi connectivity index (χ3v) is 5.15. The number of nitrogens with zero attached hydrogens (tertiary/aromatic N) is 3. The van der Waals surface area contributed by atoms with E-state index in [1.807, 2.05) is 6.07 Å². The Hall–Kier alpha value is -4.14. The van der Waals surface area contributed by atoms with Gasteiger partial charge in [-0.05, 0) is 23.3 Å². The van der Waals surface area contributed by atoms with E-state index in [-0.39, 0.29) is 35.9 Å². The molecule has 3 N–H and O–H groups in total. The second-order valence-electron chi connectivity index (χ2n) is 7.25. The number of phenolic OH excluding ortho intramolecular Hbond substituents is 1. The fraction of sp³-hybridized carbons (Fsp3) is 0.182. The van der Waals surface area contributed by atoms with Crippen LogP contribution in [0.1, 0.15) is 36.1 Å². The molecular formula is C22H20N4O5. The largest absolute Gasteiger partial charge is 0.508 e. The molecule has 4 rings (SSSR count). The number of amides is 1. The van der Waals surface area contributed by atoms with E-state index in [0.717, 1.165) is 10.1 Å². The molecule has 1 aliphatic heterocycles. The Morgan fingerprint density at radius 2 is 1.77 bits per heavy atom. The van der Waals surface area contributed by atoms with E-state index in [2.05, 4.69) is 10.1 Å². The normalized spacial score (nSPS) is 15.7. The zero-order chi connectivity index (χ0) is 22.1. The SMILES string of the molecule is CC(=O)N1N=C(c2c(O)n(Cc3ccccc3)c(=O)[nH]c2=O)CC1c1ccc(O)cc1. The van der Waals surface area contributed by atoms with Gasteiger partial charge < -0.3 is 10.2 Å². The molecule has 1 aliphatic rings. The van der Waals surface area contributed by atoms with Gasteiger partial charge in [0.1, 0.15) is 11.3 Å². The van der Waals surface area contributed by atoms with Gasteiger partial charge in [0.2, 0.25) is 11.8 Å². The summed E-state index contributed by atoms with van der Waals surface area (Å²) < 4.78 is 1.06. The van der Waals surface area contributed by atoms with Gasteiger partial charge in [-0.15, -0.1) is 0 Å². The second kappa shape index (κ2) is 7.94. The van der Waals surface area contributed by atoms with Crippen molar-refractivity contribution in [1.29, 1.82) is 0 Å². The summed E-state index contributed by atoms with van der Waals surface area (Å²) in [6.07, 6.45) is 0.157. The number of nitrogens with one attached hydrogen (secondary N) is 1. The van der Waals surface area contributed by atoms with Crippen LogP contribution in [0.2, 0.25) is 0 Å². The Labute approximate surface area is 176 Å². The number of aromatic hydroxyl groups is 2. The van der Waals surface area contributed by atoms with E-state index >= 15 is 0 Å². The molecule has 9 nitrogen and oxygen atoms in total. The number of hydrazone groups is 1. The molecule has 0 aliphatic carbocycles. The van der Waals surface area contributed by atoms with Crippen LogP contribution < -0.4 is 11.2 Å². The highest BCUT2D eigenvalue weighted by Crippen LogP contribution is 2.34. The standard InChI is InChI=1S/C22H20N4O5/c1-13(27)26-18(15-7-9-16(28)10-8-15)11-17(24-26)19-20(29)23-22(31)25(21(19)30)12-14-5-3-2-4-6-14/h2-10,18,28,30H,11-12H2,1H3,(H,23,29,31). The molecule has 1 unspecified atom stereocenters. The summed E-state index contributed by atoms with van der Waals surface area (Å²) in [4.78, 5) is 39.3. The molecule has 0 radical (unpaired) electrons. The summed E-state index contributed by atoms with van der Waals surface area (Å²) in [7, 11) is 0. The first kappa shape index (κ1) is 20.1. The predicted molar refractivity (Wildman–Crippen MR) is 113 cm³/mol. The van der Waals surface area contributed by atoms with Crippen LogP contribution >= 0.6 is 0 Å². The summed E-state index contributed by atoms with van der Waals surface area (Å²) in [5.41, 5.74) is -0.0107. The molecule has 9 heteroatoms. The Kier molecular flexibility index (Phi) is 5.16. The minimum Gasteiger partial charge on any atom is -0.508 e. The number of hydrogen-bond donors (Lipinski definition) is 3. The van der Waals surface area contributed by atoms with Gasteiger partial charge in [-0.25, -0.2) is 9.80 Å². The zero-order valence-electron chi connectivity index (χ0n) is 16.6. The minimum absolute atomic E-state index is 0.0559. The van der Waals surface area contributed by atoms with Gasteiger partial charge >= 0.3 is 5.69 Å². The van der Waals surface area contributed by atoms with Crippen LogP contribution in [0.15, 0.2) is 69.3 Å². The van der Waals surface area contributed by atoms with Gasteiger partial charge in [0.15, 0.2) is 0 Å². The molecular weight excluding hydrogens is 400 g/mol. The van der Waals surface area contributed by atoms with Crippen molar-refractivity contribution in [3.05, 3.63) is 92.1 Å². The van der Waals surface area contributed by atoms with E-state index < -0.39 is 23.2 Å². The summed E-state index contributed by atoms with van der Waals surface area (Å²) >= 11 is 0. The van der Waals surface area contributed by atoms with Crippen molar-refractivity contribution >= 4 is 11.6 Å². The first-order valence-corrected chi connectivity index (χ1v) is 9.61. The molecule has 1 aromatic heterocycles. The molecule has 31 heavy (non-hydrogen) atoms. The molecule has 158 valence electrons. The van der Waals surface area contributed by atoms with Crippen molar-refractivity contribution in [3.63, 3.8) is 0 Å². The lowest BCUT2D eigenvalue weighted by molar-refractivity contribution is -0.130. The number of carbonyl (C=O) groups is 1. The molecule has 0 saturated carbocycles. The first-order chi connectivity index (χ1) is 14.8. The maximum Gasteiger partial charge on any atom is 0.331 e. The summed E-state index contributed by atoms with van der Waals surface area (Å²) in [6.45, 7) is 1.40. The molecule has 1 atom stereocenters. The first-order valence-electron chi connectivity index (χ1n) is 9.61. The van der Waals surface area contributed by atoms with Crippen molar-refractivity contribution in [2.45, 2.75) is 25.9 Å². The van der Waals surface area contributed by atoms with E-state index in [1.165, 1.54) is 24.1 Å². The quantitative estimate of drug-likeness (QED) is 0.592. The average Bonchev–Trinajstić information content (AvgIpc) is 3.17. The fourth-order valence-corrected chi connectivity index (χ4v) is 3.64. The summed E-state index contributed by atoms with van der Waals surface area (Å²) in [5.74, 6) is -0.771. The maximum atomic E-state index is 12.6. The molecule has 0 fully saturated rings. The van der Waals surface area contributed by atoms with E-state index in [4.69, 9.17) is 0 Å². The number of benzene rings is 2. The van der Waals surface area contributed by atoms with E-state index in [0.29, 0.717) is 5.56 Å². The third-order valence-electron chi connectivity index (χ3n) is 5.15. The molecule has 0 bridgehead atoms. The van der Waals surface area contributed by atoms with Crippen LogP contribution in [0, 0.1) is 0 Å². The number of phenols is 1. The molecule has 3 aromatic rings. The Morgan fingerprint density at radius 3 is 2.42 bits per heavy atom. The lowest BCUT2D eigenvalue weighted by Gasteiger charge is -2.20. The van der Waals surface area contributed by atoms with Crippen LogP contribution in [0.4, 0.5) is 0 Å². The van der Waals surface area contributed by atoms with Crippen LogP contribution in [-0.4, -0.2) is 36.4 Å². The van der Waals surface area contributed by atoms with Gasteiger partial charge in [0, 0.05) is 13.3 Å². The summed E-state index contributed by atoms with van der Waals surface area (Å²) in [6, 6.07) is 14.8. The van der Waals surface area contributed by atoms with E-state index in [1.54, 1.807) is 36.4 Å². The monoisotopic (exact) mass is 420 g/mol. The Balaban J connectivity index is 1.76. The van der Waals surface area contributed by atoms with Crippen LogP contribution in [0.5, 0.6) is 11.6 Å². The lowest BCUT2D eigenvalue weighted by atomic mass is 9.99. The number of H-pyrrole nitrogens is 1. The number of aromatic amines is 1. The number of carbonyl (C=O) groups excluding carboxylic acids is 1. The Bertz CT molecular complexity index is 1280. The van der Waals surface area contributed by atoms with Crippen molar-refractivity contribution in [3.8, 4) is 11.6 Å². The molecule has 0 saturated heterocycles. The lowest BCUT2D eigenvalue weighted by Crippen LogP contribution is -2.34. The van der Waals surface area contributed by atoms with Crippen molar-refractivity contribution in [1.82, 2.24) is 14.6 Å². The third kappa shape index (κ3) is 3.85. The zero-order valence-corrected chi connectivity index (χ0v) is 16.6. The van der Waals surface area contributed by atoms with Crippen molar-refractivity contribution < 1.29 is 15.0 Å². The van der Waals surface area contributed by atoms with Gasteiger partial charge in [-0.1, -0.05) is 42.5 Å². The van der Waals surface area contributed by atoms with Crippen LogP contribution in [-0.2, 0) is 11.3 Å². The Morgan fingerprint density at radius 1 is 1.10 bits per heavy atom. The number of aromatic nitrogens is 2. The van der Waals surface area contributed by atoms with Gasteiger partial charge in [0.05, 0.1) is 18.3 Å². The summed E-state index contributed by atoms with van der Waals surface area (Å²) in [5, 5.41) is 25.9. The maximum absolute atomic E-state index is 12.6. The van der Waals surface area contributed by atoms with Crippen LogP contribution in [0.3, 0.4) is 0 Å². The molecule has 2 heterocycles. The molecule has 2 aromatic carbocycles. The number of hydrogen-bond acceptors (Lipinski definition) is 6. The fourth-order valence-electron chi connectivity index (χ4n) is 3.64.